The van der Waals surface area contributed by atoms with E-state index in [1.165, 1.54) is 19.3 Å². The Balaban J connectivity index is 2.58. The molecule has 2 atom stereocenters. The number of hydrogen-bond donors (Lipinski definition) is 1. The Labute approximate surface area is 91.9 Å². The summed E-state index contributed by atoms with van der Waals surface area (Å²) >= 11 is 0. The first-order chi connectivity index (χ1) is 7.02. The van der Waals surface area contributed by atoms with Crippen molar-refractivity contribution in [2.75, 3.05) is 27.7 Å². The lowest BCUT2D eigenvalue weighted by molar-refractivity contribution is -0.139. The topological polar surface area (TPSA) is 43.8 Å². The van der Waals surface area contributed by atoms with Crippen LogP contribution >= 0.6 is 0 Å². The summed E-state index contributed by atoms with van der Waals surface area (Å²) in [5.74, 6) is -0.736. The summed E-state index contributed by atoms with van der Waals surface area (Å²) in [5.41, 5.74) is 0. The average Bonchev–Trinajstić information content (AvgIpc) is 2.16. The molecule has 15 heavy (non-hydrogen) atoms. The molecule has 1 N–H and O–H groups in total. The molecule has 0 bridgehead atoms. The van der Waals surface area contributed by atoms with Crippen LogP contribution in [-0.4, -0.2) is 60.6 Å². The molecule has 4 heteroatoms. The summed E-state index contributed by atoms with van der Waals surface area (Å²) in [6.45, 7) is 0.148. The number of nitrogens with zero attached hydrogens (tertiary/aromatic N) is 2. The van der Waals surface area contributed by atoms with Crippen LogP contribution in [0, 0.1) is 0 Å². The summed E-state index contributed by atoms with van der Waals surface area (Å²) in [7, 11) is 6.08. The maximum absolute atomic E-state index is 10.7. The highest BCUT2D eigenvalue weighted by molar-refractivity contribution is 5.69. The minimum absolute atomic E-state index is 0.148. The Morgan fingerprint density at radius 2 is 1.73 bits per heavy atom. The first kappa shape index (κ1) is 12.5. The summed E-state index contributed by atoms with van der Waals surface area (Å²) in [4.78, 5) is 14.9. The summed E-state index contributed by atoms with van der Waals surface area (Å²) in [6.07, 6.45) is 4.79. The van der Waals surface area contributed by atoms with Crippen molar-refractivity contribution in [2.45, 2.75) is 37.8 Å². The van der Waals surface area contributed by atoms with E-state index in [2.05, 4.69) is 19.0 Å². The van der Waals surface area contributed by atoms with E-state index < -0.39 is 5.97 Å². The fraction of sp³-hybridized carbons (Fsp3) is 0.909. The molecule has 1 aliphatic rings. The van der Waals surface area contributed by atoms with Crippen molar-refractivity contribution in [3.8, 4) is 0 Å². The zero-order valence-corrected chi connectivity index (χ0v) is 9.94. The average molecular weight is 214 g/mol. The van der Waals surface area contributed by atoms with Crippen LogP contribution in [-0.2, 0) is 4.79 Å². The van der Waals surface area contributed by atoms with Gasteiger partial charge in [-0.1, -0.05) is 12.8 Å². The molecule has 1 fully saturated rings. The molecule has 0 aromatic carbocycles. The molecule has 0 aromatic heterocycles. The lowest BCUT2D eigenvalue weighted by Crippen LogP contribution is -2.51. The standard InChI is InChI=1S/C11H22N2O2/c1-12(2)9-6-4-5-7-10(9)13(3)8-11(14)15/h9-10H,4-8H2,1-3H3,(H,14,15). The number of likely N-dealkylation sites (N-methyl/N-ethyl adjacent to an activating group) is 2. The van der Waals surface area contributed by atoms with Gasteiger partial charge in [-0.25, -0.2) is 0 Å². The molecule has 0 saturated heterocycles. The van der Waals surface area contributed by atoms with Gasteiger partial charge in [0.05, 0.1) is 6.54 Å². The predicted octanol–water partition coefficient (Wildman–Crippen LogP) is 0.876. The second kappa shape index (κ2) is 5.47. The van der Waals surface area contributed by atoms with Gasteiger partial charge in [0.1, 0.15) is 0 Å². The van der Waals surface area contributed by atoms with Gasteiger partial charge in [-0.2, -0.15) is 0 Å². The second-order valence-corrected chi connectivity index (χ2v) is 4.69. The normalized spacial score (nSPS) is 27.3. The number of aliphatic carboxylic acids is 1. The Bertz CT molecular complexity index is 219. The van der Waals surface area contributed by atoms with Crippen LogP contribution in [0.15, 0.2) is 0 Å². The number of carboxylic acids is 1. The van der Waals surface area contributed by atoms with Gasteiger partial charge in [0.15, 0.2) is 0 Å². The molecule has 0 aromatic rings. The first-order valence-electron chi connectivity index (χ1n) is 5.61. The van der Waals surface area contributed by atoms with Crippen LogP contribution in [0.1, 0.15) is 25.7 Å². The van der Waals surface area contributed by atoms with Gasteiger partial charge in [-0.15, -0.1) is 0 Å². The second-order valence-electron chi connectivity index (χ2n) is 4.69. The van der Waals surface area contributed by atoms with E-state index >= 15 is 0 Å². The van der Waals surface area contributed by atoms with Crippen LogP contribution in [0.4, 0.5) is 0 Å². The first-order valence-corrected chi connectivity index (χ1v) is 5.61. The van der Waals surface area contributed by atoms with Crippen molar-refractivity contribution in [3.63, 3.8) is 0 Å². The fourth-order valence-electron chi connectivity index (χ4n) is 2.54. The Kier molecular flexibility index (Phi) is 4.54. The molecule has 2 unspecified atom stereocenters. The molecule has 0 radical (unpaired) electrons. The van der Waals surface area contributed by atoms with Crippen molar-refractivity contribution in [3.05, 3.63) is 0 Å². The van der Waals surface area contributed by atoms with E-state index in [1.54, 1.807) is 0 Å². The number of carboxylic acid groups (broad SMARTS) is 1. The summed E-state index contributed by atoms with van der Waals surface area (Å²) in [6, 6.07) is 0.896. The molecule has 1 rings (SSSR count). The van der Waals surface area contributed by atoms with Gasteiger partial charge in [-0.3, -0.25) is 9.69 Å². The smallest absolute Gasteiger partial charge is 0.317 e. The maximum Gasteiger partial charge on any atom is 0.317 e. The van der Waals surface area contributed by atoms with Gasteiger partial charge in [0, 0.05) is 12.1 Å². The quantitative estimate of drug-likeness (QED) is 0.754. The van der Waals surface area contributed by atoms with Gasteiger partial charge < -0.3 is 10.0 Å². The van der Waals surface area contributed by atoms with Crippen LogP contribution in [0.5, 0.6) is 0 Å². The van der Waals surface area contributed by atoms with Crippen molar-refractivity contribution >= 4 is 5.97 Å². The molecular formula is C11H22N2O2. The molecule has 0 spiro atoms. The van der Waals surface area contributed by atoms with E-state index in [0.717, 1.165) is 6.42 Å². The number of hydrogen-bond acceptors (Lipinski definition) is 3. The summed E-state index contributed by atoms with van der Waals surface area (Å²) < 4.78 is 0. The minimum atomic E-state index is -0.736. The molecule has 1 saturated carbocycles. The van der Waals surface area contributed by atoms with Crippen molar-refractivity contribution < 1.29 is 9.90 Å². The van der Waals surface area contributed by atoms with Crippen LogP contribution in [0.3, 0.4) is 0 Å². The van der Waals surface area contributed by atoms with E-state index in [1.807, 2.05) is 11.9 Å². The van der Waals surface area contributed by atoms with Crippen molar-refractivity contribution in [1.29, 1.82) is 0 Å². The molecule has 88 valence electrons. The minimum Gasteiger partial charge on any atom is -0.480 e. The molecule has 1 aliphatic carbocycles. The molecule has 0 aliphatic heterocycles. The van der Waals surface area contributed by atoms with Crippen molar-refractivity contribution in [2.24, 2.45) is 0 Å². The van der Waals surface area contributed by atoms with Gasteiger partial charge in [-0.05, 0) is 34.0 Å². The van der Waals surface area contributed by atoms with Crippen LogP contribution < -0.4 is 0 Å². The third kappa shape index (κ3) is 3.47. The fourth-order valence-corrected chi connectivity index (χ4v) is 2.54. The molecule has 0 amide bonds. The lowest BCUT2D eigenvalue weighted by atomic mass is 9.88. The molecule has 4 nitrogen and oxygen atoms in total. The Morgan fingerprint density at radius 3 is 2.20 bits per heavy atom. The molecular weight excluding hydrogens is 192 g/mol. The highest BCUT2D eigenvalue weighted by atomic mass is 16.4. The number of rotatable bonds is 4. The van der Waals surface area contributed by atoms with Gasteiger partial charge >= 0.3 is 5.97 Å². The third-order valence-electron chi connectivity index (χ3n) is 3.31. The maximum atomic E-state index is 10.7. The van der Waals surface area contributed by atoms with Crippen LogP contribution in [0.2, 0.25) is 0 Å². The lowest BCUT2D eigenvalue weighted by Gasteiger charge is -2.40. The highest BCUT2D eigenvalue weighted by Gasteiger charge is 2.30. The van der Waals surface area contributed by atoms with Crippen LogP contribution in [0.25, 0.3) is 0 Å². The monoisotopic (exact) mass is 214 g/mol. The van der Waals surface area contributed by atoms with E-state index in [4.69, 9.17) is 5.11 Å². The van der Waals surface area contributed by atoms with E-state index in [0.29, 0.717) is 12.1 Å². The summed E-state index contributed by atoms with van der Waals surface area (Å²) in [5, 5.41) is 8.78. The third-order valence-corrected chi connectivity index (χ3v) is 3.31. The van der Waals surface area contributed by atoms with Gasteiger partial charge in [0.2, 0.25) is 0 Å². The Hall–Kier alpha value is -0.610. The SMILES string of the molecule is CN(C)C1CCCCC1N(C)CC(=O)O. The molecule has 0 heterocycles. The van der Waals surface area contributed by atoms with E-state index in [9.17, 15) is 4.79 Å². The largest absolute Gasteiger partial charge is 0.480 e. The number of carbonyl (C=O) groups is 1. The predicted molar refractivity (Wildman–Crippen MR) is 60.0 cm³/mol. The van der Waals surface area contributed by atoms with E-state index in [-0.39, 0.29) is 6.54 Å². The Morgan fingerprint density at radius 1 is 1.20 bits per heavy atom. The van der Waals surface area contributed by atoms with Crippen molar-refractivity contribution in [1.82, 2.24) is 9.80 Å². The van der Waals surface area contributed by atoms with Gasteiger partial charge in [0.25, 0.3) is 0 Å². The zero-order valence-electron chi connectivity index (χ0n) is 9.94. The zero-order chi connectivity index (χ0) is 11.4. The highest BCUT2D eigenvalue weighted by Crippen LogP contribution is 2.25.